The lowest BCUT2D eigenvalue weighted by molar-refractivity contribution is 0.102. The molecule has 0 heterocycles. The Morgan fingerprint density at radius 1 is 1.21 bits per heavy atom. The van der Waals surface area contributed by atoms with E-state index < -0.39 is 23.0 Å². The Bertz CT molecular complexity index is 626. The Morgan fingerprint density at radius 2 is 1.95 bits per heavy atom. The summed E-state index contributed by atoms with van der Waals surface area (Å²) in [5.74, 6) is -2.19. The minimum atomic E-state index is -0.840. The van der Waals surface area contributed by atoms with E-state index in [1.807, 2.05) is 0 Å². The molecule has 2 aromatic rings. The van der Waals surface area contributed by atoms with Gasteiger partial charge in [-0.15, -0.1) is 0 Å². The molecule has 2 aromatic carbocycles. The Morgan fingerprint density at radius 3 is 2.58 bits per heavy atom. The summed E-state index contributed by atoms with van der Waals surface area (Å²) in [5, 5.41) is 21.1. The van der Waals surface area contributed by atoms with Crippen molar-refractivity contribution in [2.45, 2.75) is 0 Å². The number of rotatable bonds is 2. The van der Waals surface area contributed by atoms with Gasteiger partial charge in [-0.3, -0.25) is 4.79 Å². The number of hydrogen-bond donors (Lipinski definition) is 3. The van der Waals surface area contributed by atoms with Crippen LogP contribution in [0.1, 0.15) is 10.4 Å². The molecule has 0 spiro atoms. The summed E-state index contributed by atoms with van der Waals surface area (Å²) >= 11 is 5.81. The maximum atomic E-state index is 13.5. The summed E-state index contributed by atoms with van der Waals surface area (Å²) in [7, 11) is 0. The van der Waals surface area contributed by atoms with Crippen molar-refractivity contribution in [1.82, 2.24) is 0 Å². The van der Waals surface area contributed by atoms with Gasteiger partial charge < -0.3 is 15.5 Å². The van der Waals surface area contributed by atoms with Gasteiger partial charge >= 0.3 is 0 Å². The molecule has 98 valence electrons. The van der Waals surface area contributed by atoms with Crippen LogP contribution in [-0.2, 0) is 0 Å². The molecular formula is C13H9ClFNO3. The fraction of sp³-hybridized carbons (Fsp3) is 0. The second kappa shape index (κ2) is 5.16. The highest BCUT2D eigenvalue weighted by Crippen LogP contribution is 2.28. The number of hydrogen-bond acceptors (Lipinski definition) is 3. The largest absolute Gasteiger partial charge is 0.508 e. The molecule has 19 heavy (non-hydrogen) atoms. The van der Waals surface area contributed by atoms with Gasteiger partial charge in [-0.2, -0.15) is 0 Å². The zero-order valence-corrected chi connectivity index (χ0v) is 10.3. The highest BCUT2D eigenvalue weighted by molar-refractivity contribution is 6.34. The quantitative estimate of drug-likeness (QED) is 0.741. The molecule has 0 aliphatic rings. The molecule has 6 heteroatoms. The molecule has 3 N–H and O–H groups in total. The second-order valence-electron chi connectivity index (χ2n) is 3.75. The normalized spacial score (nSPS) is 10.2. The van der Waals surface area contributed by atoms with Crippen molar-refractivity contribution in [2.75, 3.05) is 5.32 Å². The Labute approximate surface area is 113 Å². The molecule has 0 aliphatic heterocycles. The maximum absolute atomic E-state index is 13.5. The Balaban J connectivity index is 2.31. The predicted octanol–water partition coefficient (Wildman–Crippen LogP) is 3.14. The van der Waals surface area contributed by atoms with Crippen LogP contribution in [0.4, 0.5) is 10.1 Å². The van der Waals surface area contributed by atoms with Crippen molar-refractivity contribution in [3.63, 3.8) is 0 Å². The predicted molar refractivity (Wildman–Crippen MR) is 69.1 cm³/mol. The third kappa shape index (κ3) is 2.77. The summed E-state index contributed by atoms with van der Waals surface area (Å²) in [4.78, 5) is 11.9. The van der Waals surface area contributed by atoms with E-state index in [0.29, 0.717) is 0 Å². The second-order valence-corrected chi connectivity index (χ2v) is 4.16. The first-order valence-electron chi connectivity index (χ1n) is 5.26. The van der Waals surface area contributed by atoms with Crippen molar-refractivity contribution in [1.29, 1.82) is 0 Å². The average molecular weight is 282 g/mol. The molecule has 0 saturated carbocycles. The molecule has 0 aromatic heterocycles. The number of halogens is 2. The number of phenols is 2. The molecule has 0 unspecified atom stereocenters. The fourth-order valence-electron chi connectivity index (χ4n) is 1.53. The molecule has 4 nitrogen and oxygen atoms in total. The molecule has 0 radical (unpaired) electrons. The molecule has 1 amide bonds. The van der Waals surface area contributed by atoms with Crippen LogP contribution in [0.15, 0.2) is 36.4 Å². The number of carbonyl (C=O) groups excluding carboxylic acids is 1. The van der Waals surface area contributed by atoms with E-state index in [1.54, 1.807) is 0 Å². The summed E-state index contributed by atoms with van der Waals surface area (Å²) in [6.45, 7) is 0. The third-order valence-electron chi connectivity index (χ3n) is 2.42. The number of aromatic hydroxyl groups is 2. The minimum Gasteiger partial charge on any atom is -0.508 e. The van der Waals surface area contributed by atoms with Gasteiger partial charge in [0.15, 0.2) is 0 Å². The van der Waals surface area contributed by atoms with Crippen LogP contribution in [0.3, 0.4) is 0 Å². The summed E-state index contributed by atoms with van der Waals surface area (Å²) in [6, 6.07) is 7.48. The number of anilines is 1. The molecule has 0 aliphatic carbocycles. The van der Waals surface area contributed by atoms with Gasteiger partial charge in [0, 0.05) is 6.07 Å². The van der Waals surface area contributed by atoms with E-state index in [2.05, 4.69) is 5.32 Å². The van der Waals surface area contributed by atoms with Crippen molar-refractivity contribution in [3.05, 3.63) is 52.8 Å². The summed E-state index contributed by atoms with van der Waals surface area (Å²) in [5.41, 5.74) is -0.265. The highest BCUT2D eigenvalue weighted by atomic mass is 35.5. The van der Waals surface area contributed by atoms with Crippen LogP contribution in [0.5, 0.6) is 11.5 Å². The smallest absolute Gasteiger partial charge is 0.262 e. The maximum Gasteiger partial charge on any atom is 0.262 e. The fourth-order valence-corrected chi connectivity index (χ4v) is 1.75. The molecule has 0 atom stereocenters. The first-order chi connectivity index (χ1) is 8.99. The first kappa shape index (κ1) is 13.2. The highest BCUT2D eigenvalue weighted by Gasteiger charge is 2.17. The number of phenolic OH excluding ortho intramolecular Hbond substituents is 2. The van der Waals surface area contributed by atoms with E-state index in [0.717, 1.165) is 6.07 Å². The lowest BCUT2D eigenvalue weighted by atomic mass is 10.1. The number of benzene rings is 2. The van der Waals surface area contributed by atoms with Crippen LogP contribution in [-0.4, -0.2) is 16.1 Å². The van der Waals surface area contributed by atoms with E-state index in [1.165, 1.54) is 30.3 Å². The molecular weight excluding hydrogens is 273 g/mol. The zero-order valence-electron chi connectivity index (χ0n) is 9.52. The number of nitrogens with one attached hydrogen (secondary N) is 1. The van der Waals surface area contributed by atoms with Crippen molar-refractivity contribution in [2.24, 2.45) is 0 Å². The third-order valence-corrected chi connectivity index (χ3v) is 2.73. The van der Waals surface area contributed by atoms with Gasteiger partial charge in [0.1, 0.15) is 22.9 Å². The molecule has 0 saturated heterocycles. The van der Waals surface area contributed by atoms with Crippen LogP contribution in [0.25, 0.3) is 0 Å². The van der Waals surface area contributed by atoms with Crippen molar-refractivity contribution < 1.29 is 19.4 Å². The minimum absolute atomic E-state index is 0.0586. The monoisotopic (exact) mass is 281 g/mol. The SMILES string of the molecule is O=C(Nc1ccc(O)cc1Cl)c1c(O)cccc1F. The van der Waals surface area contributed by atoms with Gasteiger partial charge in [0.05, 0.1) is 10.7 Å². The van der Waals surface area contributed by atoms with Gasteiger partial charge in [0.2, 0.25) is 0 Å². The zero-order chi connectivity index (χ0) is 14.0. The van der Waals surface area contributed by atoms with Gasteiger partial charge in [-0.05, 0) is 24.3 Å². The first-order valence-corrected chi connectivity index (χ1v) is 5.64. The average Bonchev–Trinajstić information content (AvgIpc) is 2.32. The lowest BCUT2D eigenvalue weighted by Gasteiger charge is -2.09. The molecule has 2 rings (SSSR count). The Hall–Kier alpha value is -2.27. The lowest BCUT2D eigenvalue weighted by Crippen LogP contribution is -2.14. The number of amides is 1. The van der Waals surface area contributed by atoms with Gasteiger partial charge in [-0.1, -0.05) is 17.7 Å². The van der Waals surface area contributed by atoms with Crippen LogP contribution in [0, 0.1) is 5.82 Å². The number of carbonyl (C=O) groups is 1. The van der Waals surface area contributed by atoms with Crippen LogP contribution >= 0.6 is 11.6 Å². The van der Waals surface area contributed by atoms with E-state index >= 15 is 0 Å². The van der Waals surface area contributed by atoms with Crippen LogP contribution < -0.4 is 5.32 Å². The van der Waals surface area contributed by atoms with Crippen LogP contribution in [0.2, 0.25) is 5.02 Å². The van der Waals surface area contributed by atoms with E-state index in [9.17, 15) is 19.4 Å². The van der Waals surface area contributed by atoms with Gasteiger partial charge in [-0.25, -0.2) is 4.39 Å². The van der Waals surface area contributed by atoms with Crippen molar-refractivity contribution in [3.8, 4) is 11.5 Å². The van der Waals surface area contributed by atoms with Gasteiger partial charge in [0.25, 0.3) is 5.91 Å². The van der Waals surface area contributed by atoms with Crippen molar-refractivity contribution >= 4 is 23.2 Å². The van der Waals surface area contributed by atoms with E-state index in [-0.39, 0.29) is 16.5 Å². The summed E-state index contributed by atoms with van der Waals surface area (Å²) < 4.78 is 13.5. The van der Waals surface area contributed by atoms with E-state index in [4.69, 9.17) is 11.6 Å². The molecule has 0 fully saturated rings. The summed E-state index contributed by atoms with van der Waals surface area (Å²) in [6.07, 6.45) is 0. The standard InChI is InChI=1S/C13H9ClFNO3/c14-8-6-7(17)4-5-10(8)16-13(19)12-9(15)2-1-3-11(12)18/h1-6,17-18H,(H,16,19). The molecule has 0 bridgehead atoms. The Kier molecular flexibility index (Phi) is 3.57. The topological polar surface area (TPSA) is 69.6 Å².